The van der Waals surface area contributed by atoms with E-state index >= 15 is 0 Å². The summed E-state index contributed by atoms with van der Waals surface area (Å²) in [5.74, 6) is 1.23. The molecule has 0 radical (unpaired) electrons. The SMILES string of the molecule is CCC(C(=O)NCc1cccc(OC)c1)N1C(=O)CCn2nc(C)cc21. The van der Waals surface area contributed by atoms with Gasteiger partial charge in [-0.3, -0.25) is 14.5 Å². The van der Waals surface area contributed by atoms with Crippen LogP contribution in [0, 0.1) is 6.92 Å². The molecule has 1 aliphatic rings. The van der Waals surface area contributed by atoms with Crippen LogP contribution in [0.15, 0.2) is 30.3 Å². The molecule has 0 spiro atoms. The predicted molar refractivity (Wildman–Crippen MR) is 98.0 cm³/mol. The van der Waals surface area contributed by atoms with Gasteiger partial charge in [0.05, 0.1) is 19.3 Å². The Labute approximate surface area is 152 Å². The zero-order valence-corrected chi connectivity index (χ0v) is 15.4. The summed E-state index contributed by atoms with van der Waals surface area (Å²) in [7, 11) is 1.61. The Morgan fingerprint density at radius 2 is 2.19 bits per heavy atom. The van der Waals surface area contributed by atoms with Crippen molar-refractivity contribution >= 4 is 17.6 Å². The highest BCUT2D eigenvalue weighted by atomic mass is 16.5. The topological polar surface area (TPSA) is 76.5 Å². The number of carbonyl (C=O) groups excluding carboxylic acids is 2. The first-order chi connectivity index (χ1) is 12.5. The number of hydrogen-bond donors (Lipinski definition) is 1. The van der Waals surface area contributed by atoms with Gasteiger partial charge < -0.3 is 10.1 Å². The number of methoxy groups -OCH3 is 1. The van der Waals surface area contributed by atoms with E-state index in [0.717, 1.165) is 17.0 Å². The number of ether oxygens (including phenoxy) is 1. The minimum Gasteiger partial charge on any atom is -0.497 e. The minimum atomic E-state index is -0.553. The molecule has 1 aromatic carbocycles. The van der Waals surface area contributed by atoms with Crippen LogP contribution < -0.4 is 15.0 Å². The maximum absolute atomic E-state index is 12.8. The molecule has 0 aliphatic carbocycles. The van der Waals surface area contributed by atoms with Crippen LogP contribution in [-0.4, -0.2) is 34.7 Å². The smallest absolute Gasteiger partial charge is 0.243 e. The van der Waals surface area contributed by atoms with Crippen molar-refractivity contribution < 1.29 is 14.3 Å². The highest BCUT2D eigenvalue weighted by molar-refractivity contribution is 6.00. The maximum Gasteiger partial charge on any atom is 0.243 e. The van der Waals surface area contributed by atoms with Crippen molar-refractivity contribution in [2.75, 3.05) is 12.0 Å². The molecule has 1 N–H and O–H groups in total. The maximum atomic E-state index is 12.8. The van der Waals surface area contributed by atoms with Crippen LogP contribution in [0.1, 0.15) is 31.0 Å². The predicted octanol–water partition coefficient (Wildman–Crippen LogP) is 2.03. The summed E-state index contributed by atoms with van der Waals surface area (Å²) in [4.78, 5) is 26.9. The normalized spacial score (nSPS) is 14.7. The van der Waals surface area contributed by atoms with Gasteiger partial charge in [-0.15, -0.1) is 0 Å². The van der Waals surface area contributed by atoms with E-state index in [9.17, 15) is 9.59 Å². The van der Waals surface area contributed by atoms with Crippen LogP contribution in [0.5, 0.6) is 5.75 Å². The average molecular weight is 356 g/mol. The quantitative estimate of drug-likeness (QED) is 0.859. The average Bonchev–Trinajstić information content (AvgIpc) is 3.03. The van der Waals surface area contributed by atoms with Gasteiger partial charge in [-0.25, -0.2) is 4.68 Å². The molecule has 0 saturated carbocycles. The summed E-state index contributed by atoms with van der Waals surface area (Å²) in [6.45, 7) is 4.73. The van der Waals surface area contributed by atoms with Crippen molar-refractivity contribution in [3.63, 3.8) is 0 Å². The molecule has 2 amide bonds. The molecule has 1 aliphatic heterocycles. The molecule has 138 valence electrons. The second kappa shape index (κ2) is 7.59. The zero-order chi connectivity index (χ0) is 18.7. The number of nitrogens with zero attached hydrogens (tertiary/aromatic N) is 3. The largest absolute Gasteiger partial charge is 0.497 e. The molecule has 26 heavy (non-hydrogen) atoms. The van der Waals surface area contributed by atoms with Crippen LogP contribution in [0.3, 0.4) is 0 Å². The third-order valence-electron chi connectivity index (χ3n) is 4.54. The lowest BCUT2D eigenvalue weighted by Gasteiger charge is -2.33. The van der Waals surface area contributed by atoms with E-state index < -0.39 is 6.04 Å². The number of rotatable bonds is 6. The molecule has 3 rings (SSSR count). The number of benzene rings is 1. The summed E-state index contributed by atoms with van der Waals surface area (Å²) < 4.78 is 7.01. The molecule has 2 aromatic rings. The molecule has 1 unspecified atom stereocenters. The van der Waals surface area contributed by atoms with Crippen LogP contribution in [0.25, 0.3) is 0 Å². The van der Waals surface area contributed by atoms with Gasteiger partial charge >= 0.3 is 0 Å². The van der Waals surface area contributed by atoms with Crippen LogP contribution in [-0.2, 0) is 22.7 Å². The van der Waals surface area contributed by atoms with Gasteiger partial charge in [0.2, 0.25) is 11.8 Å². The lowest BCUT2D eigenvalue weighted by atomic mass is 10.1. The van der Waals surface area contributed by atoms with E-state index in [0.29, 0.717) is 31.7 Å². The van der Waals surface area contributed by atoms with Crippen LogP contribution in [0.2, 0.25) is 0 Å². The summed E-state index contributed by atoms with van der Waals surface area (Å²) in [6, 6.07) is 8.85. The van der Waals surface area contributed by atoms with Crippen molar-refractivity contribution in [1.82, 2.24) is 15.1 Å². The van der Waals surface area contributed by atoms with Gasteiger partial charge in [0.25, 0.3) is 0 Å². The summed E-state index contributed by atoms with van der Waals surface area (Å²) in [5.41, 5.74) is 1.78. The second-order valence-corrected chi connectivity index (χ2v) is 6.37. The van der Waals surface area contributed by atoms with Gasteiger partial charge in [-0.2, -0.15) is 5.10 Å². The van der Waals surface area contributed by atoms with Gasteiger partial charge in [0.15, 0.2) is 0 Å². The lowest BCUT2D eigenvalue weighted by molar-refractivity contribution is -0.127. The van der Waals surface area contributed by atoms with E-state index in [2.05, 4.69) is 10.4 Å². The minimum absolute atomic E-state index is 0.0409. The number of hydrogen-bond acceptors (Lipinski definition) is 4. The fourth-order valence-electron chi connectivity index (χ4n) is 3.25. The van der Waals surface area contributed by atoms with Crippen molar-refractivity contribution in [1.29, 1.82) is 0 Å². The van der Waals surface area contributed by atoms with E-state index in [1.54, 1.807) is 16.7 Å². The molecule has 1 atom stereocenters. The van der Waals surface area contributed by atoms with E-state index in [1.165, 1.54) is 0 Å². The third kappa shape index (κ3) is 3.56. The molecule has 0 saturated heterocycles. The van der Waals surface area contributed by atoms with Crippen LogP contribution in [0.4, 0.5) is 5.82 Å². The molecule has 2 heterocycles. The highest BCUT2D eigenvalue weighted by Gasteiger charge is 2.34. The molecule has 0 bridgehead atoms. The van der Waals surface area contributed by atoms with Crippen LogP contribution >= 0.6 is 0 Å². The van der Waals surface area contributed by atoms with Crippen molar-refractivity contribution in [3.8, 4) is 5.75 Å². The first-order valence-electron chi connectivity index (χ1n) is 8.80. The van der Waals surface area contributed by atoms with Gasteiger partial charge in [-0.05, 0) is 31.0 Å². The Hall–Kier alpha value is -2.83. The standard InChI is InChI=1S/C19H24N4O3/c1-4-16(19(25)20-12-14-6-5-7-15(11-14)26-3)23-17-10-13(2)21-22(17)9-8-18(23)24/h5-7,10-11,16H,4,8-9,12H2,1-3H3,(H,20,25). The first-order valence-corrected chi connectivity index (χ1v) is 8.80. The number of carbonyl (C=O) groups is 2. The molecule has 7 nitrogen and oxygen atoms in total. The number of fused-ring (bicyclic) bond motifs is 1. The fraction of sp³-hybridized carbons (Fsp3) is 0.421. The number of amides is 2. The van der Waals surface area contributed by atoms with Crippen molar-refractivity contribution in [3.05, 3.63) is 41.6 Å². The highest BCUT2D eigenvalue weighted by Crippen LogP contribution is 2.26. The third-order valence-corrected chi connectivity index (χ3v) is 4.54. The molecule has 7 heteroatoms. The molecule has 0 fully saturated rings. The Balaban J connectivity index is 1.75. The second-order valence-electron chi connectivity index (χ2n) is 6.37. The van der Waals surface area contributed by atoms with E-state index in [4.69, 9.17) is 4.74 Å². The Bertz CT molecular complexity index is 815. The van der Waals surface area contributed by atoms with Gasteiger partial charge in [0, 0.05) is 19.0 Å². The number of aromatic nitrogens is 2. The fourth-order valence-corrected chi connectivity index (χ4v) is 3.25. The van der Waals surface area contributed by atoms with Crippen molar-refractivity contribution in [2.45, 2.75) is 45.8 Å². The Kier molecular flexibility index (Phi) is 5.25. The number of nitrogens with one attached hydrogen (secondary N) is 1. The van der Waals surface area contributed by atoms with Crippen molar-refractivity contribution in [2.24, 2.45) is 0 Å². The Morgan fingerprint density at radius 3 is 2.92 bits per heavy atom. The van der Waals surface area contributed by atoms with E-state index in [1.807, 2.05) is 44.2 Å². The summed E-state index contributed by atoms with van der Waals surface area (Å²) >= 11 is 0. The Morgan fingerprint density at radius 1 is 1.38 bits per heavy atom. The zero-order valence-electron chi connectivity index (χ0n) is 15.4. The first kappa shape index (κ1) is 18.0. The van der Waals surface area contributed by atoms with Gasteiger partial charge in [-0.1, -0.05) is 19.1 Å². The summed E-state index contributed by atoms with van der Waals surface area (Å²) in [5, 5.41) is 7.34. The summed E-state index contributed by atoms with van der Waals surface area (Å²) in [6.07, 6.45) is 0.883. The number of anilines is 1. The molecular formula is C19H24N4O3. The monoisotopic (exact) mass is 356 g/mol. The van der Waals surface area contributed by atoms with Gasteiger partial charge in [0.1, 0.15) is 17.6 Å². The van der Waals surface area contributed by atoms with E-state index in [-0.39, 0.29) is 11.8 Å². The lowest BCUT2D eigenvalue weighted by Crippen LogP contribution is -2.52. The molecule has 1 aromatic heterocycles. The molecular weight excluding hydrogens is 332 g/mol. The number of aryl methyl sites for hydroxylation is 2.